The van der Waals surface area contributed by atoms with E-state index in [1.54, 1.807) is 31.2 Å². The number of amides is 1. The molecular weight excluding hydrogens is 411 g/mol. The SMILES string of the molecule is CC(NC(=O)c1cc(Br)cc(N(C)S(C)(=O)=O)c1)c1ccc(F)cc1. The number of sulfonamides is 1. The molecule has 0 saturated heterocycles. The van der Waals surface area contributed by atoms with E-state index in [0.29, 0.717) is 15.7 Å². The maximum Gasteiger partial charge on any atom is 0.251 e. The highest BCUT2D eigenvalue weighted by Crippen LogP contribution is 2.24. The summed E-state index contributed by atoms with van der Waals surface area (Å²) in [5.41, 5.74) is 1.45. The maximum absolute atomic E-state index is 13.0. The third kappa shape index (κ3) is 5.02. The van der Waals surface area contributed by atoms with Gasteiger partial charge in [-0.1, -0.05) is 28.1 Å². The summed E-state index contributed by atoms with van der Waals surface area (Å²) in [7, 11) is -2.02. The standard InChI is InChI=1S/C17H18BrFN2O3S/c1-11(12-4-6-15(19)7-5-12)20-17(22)13-8-14(18)10-16(9-13)21(2)25(3,23)24/h4-11H,1-3H3,(H,20,22). The molecule has 8 heteroatoms. The van der Waals surface area contributed by atoms with Gasteiger partial charge in [0, 0.05) is 17.1 Å². The lowest BCUT2D eigenvalue weighted by Crippen LogP contribution is -2.28. The fraction of sp³-hybridized carbons (Fsp3) is 0.235. The molecule has 0 radical (unpaired) electrons. The Kier molecular flexibility index (Phi) is 5.84. The van der Waals surface area contributed by atoms with Gasteiger partial charge in [0.15, 0.2) is 0 Å². The van der Waals surface area contributed by atoms with Crippen LogP contribution < -0.4 is 9.62 Å². The van der Waals surface area contributed by atoms with Crippen molar-refractivity contribution in [3.63, 3.8) is 0 Å². The van der Waals surface area contributed by atoms with Crippen LogP contribution in [0.3, 0.4) is 0 Å². The highest BCUT2D eigenvalue weighted by molar-refractivity contribution is 9.10. The number of benzene rings is 2. The number of anilines is 1. The monoisotopic (exact) mass is 428 g/mol. The summed E-state index contributed by atoms with van der Waals surface area (Å²) >= 11 is 3.29. The number of carbonyl (C=O) groups is 1. The van der Waals surface area contributed by atoms with E-state index in [0.717, 1.165) is 16.1 Å². The fourth-order valence-electron chi connectivity index (χ4n) is 2.19. The normalized spacial score (nSPS) is 12.5. The third-order valence-electron chi connectivity index (χ3n) is 3.72. The van der Waals surface area contributed by atoms with E-state index in [1.165, 1.54) is 25.2 Å². The molecule has 0 aromatic heterocycles. The van der Waals surface area contributed by atoms with E-state index in [-0.39, 0.29) is 17.8 Å². The second kappa shape index (κ2) is 7.53. The van der Waals surface area contributed by atoms with Gasteiger partial charge in [-0.25, -0.2) is 12.8 Å². The Labute approximate surface area is 155 Å². The summed E-state index contributed by atoms with van der Waals surface area (Å²) in [5, 5.41) is 2.81. The first-order valence-corrected chi connectivity index (χ1v) is 10.0. The molecule has 0 heterocycles. The third-order valence-corrected chi connectivity index (χ3v) is 5.39. The van der Waals surface area contributed by atoms with E-state index in [4.69, 9.17) is 0 Å². The molecule has 5 nitrogen and oxygen atoms in total. The molecule has 0 saturated carbocycles. The lowest BCUT2D eigenvalue weighted by molar-refractivity contribution is 0.0940. The van der Waals surface area contributed by atoms with Crippen molar-refractivity contribution in [2.45, 2.75) is 13.0 Å². The molecule has 1 N–H and O–H groups in total. The number of carbonyl (C=O) groups excluding carboxylic acids is 1. The lowest BCUT2D eigenvalue weighted by Gasteiger charge is -2.19. The zero-order valence-electron chi connectivity index (χ0n) is 14.0. The zero-order chi connectivity index (χ0) is 18.8. The number of hydrogen-bond donors (Lipinski definition) is 1. The zero-order valence-corrected chi connectivity index (χ0v) is 16.4. The summed E-state index contributed by atoms with van der Waals surface area (Å²) < 4.78 is 38.1. The number of nitrogens with one attached hydrogen (secondary N) is 1. The minimum Gasteiger partial charge on any atom is -0.346 e. The van der Waals surface area contributed by atoms with Crippen LogP contribution in [0, 0.1) is 5.82 Å². The van der Waals surface area contributed by atoms with Gasteiger partial charge < -0.3 is 5.32 Å². The van der Waals surface area contributed by atoms with Gasteiger partial charge in [0.1, 0.15) is 5.82 Å². The van der Waals surface area contributed by atoms with Gasteiger partial charge >= 0.3 is 0 Å². The predicted molar refractivity (Wildman–Crippen MR) is 99.7 cm³/mol. The largest absolute Gasteiger partial charge is 0.346 e. The quantitative estimate of drug-likeness (QED) is 0.792. The highest BCUT2D eigenvalue weighted by Gasteiger charge is 2.17. The maximum atomic E-state index is 13.0. The lowest BCUT2D eigenvalue weighted by atomic mass is 10.1. The van der Waals surface area contributed by atoms with Gasteiger partial charge in [-0.05, 0) is 42.8 Å². The molecule has 0 aliphatic heterocycles. The predicted octanol–water partition coefficient (Wildman–Crippen LogP) is 3.48. The molecule has 1 atom stereocenters. The van der Waals surface area contributed by atoms with Crippen molar-refractivity contribution >= 4 is 37.5 Å². The molecule has 0 aliphatic carbocycles. The molecule has 2 aromatic rings. The van der Waals surface area contributed by atoms with Crippen molar-refractivity contribution in [1.82, 2.24) is 5.32 Å². The summed E-state index contributed by atoms with van der Waals surface area (Å²) in [4.78, 5) is 12.5. The smallest absolute Gasteiger partial charge is 0.251 e. The van der Waals surface area contributed by atoms with Crippen molar-refractivity contribution in [3.8, 4) is 0 Å². The molecular formula is C17H18BrFN2O3S. The van der Waals surface area contributed by atoms with Crippen LogP contribution in [-0.2, 0) is 10.0 Å². The van der Waals surface area contributed by atoms with Crippen molar-refractivity contribution in [3.05, 3.63) is 63.9 Å². The van der Waals surface area contributed by atoms with E-state index >= 15 is 0 Å². The van der Waals surface area contributed by atoms with Crippen LogP contribution in [0.25, 0.3) is 0 Å². The first kappa shape index (κ1) is 19.4. The highest BCUT2D eigenvalue weighted by atomic mass is 79.9. The summed E-state index contributed by atoms with van der Waals surface area (Å²) in [6, 6.07) is 10.2. The van der Waals surface area contributed by atoms with Crippen LogP contribution in [0.2, 0.25) is 0 Å². The number of halogens is 2. The molecule has 1 amide bonds. The van der Waals surface area contributed by atoms with Crippen molar-refractivity contribution < 1.29 is 17.6 Å². The molecule has 2 rings (SSSR count). The van der Waals surface area contributed by atoms with Crippen molar-refractivity contribution in [2.75, 3.05) is 17.6 Å². The molecule has 1 unspecified atom stereocenters. The van der Waals surface area contributed by atoms with Gasteiger partial charge in [0.05, 0.1) is 18.0 Å². The van der Waals surface area contributed by atoms with E-state index in [9.17, 15) is 17.6 Å². The Hall–Kier alpha value is -1.93. The molecule has 0 fully saturated rings. The average Bonchev–Trinajstić information content (AvgIpc) is 2.53. The van der Waals surface area contributed by atoms with E-state index < -0.39 is 10.0 Å². The first-order chi connectivity index (χ1) is 11.6. The molecule has 0 aliphatic rings. The minimum atomic E-state index is -3.44. The number of hydrogen-bond acceptors (Lipinski definition) is 3. The van der Waals surface area contributed by atoms with Crippen LogP contribution in [0.1, 0.15) is 28.9 Å². The average molecular weight is 429 g/mol. The van der Waals surface area contributed by atoms with E-state index in [1.807, 2.05) is 0 Å². The molecule has 25 heavy (non-hydrogen) atoms. The summed E-state index contributed by atoms with van der Waals surface area (Å²) in [6.45, 7) is 1.78. The Balaban J connectivity index is 2.24. The Morgan fingerprint density at radius 2 is 1.80 bits per heavy atom. The van der Waals surface area contributed by atoms with Gasteiger partial charge in [-0.2, -0.15) is 0 Å². The van der Waals surface area contributed by atoms with Crippen molar-refractivity contribution in [2.24, 2.45) is 0 Å². The topological polar surface area (TPSA) is 66.5 Å². The van der Waals surface area contributed by atoms with Gasteiger partial charge in [-0.15, -0.1) is 0 Å². The van der Waals surface area contributed by atoms with Crippen LogP contribution in [0.15, 0.2) is 46.9 Å². The fourth-order valence-corrected chi connectivity index (χ4v) is 3.16. The van der Waals surface area contributed by atoms with E-state index in [2.05, 4.69) is 21.2 Å². The van der Waals surface area contributed by atoms with Crippen LogP contribution in [-0.4, -0.2) is 27.6 Å². The Morgan fingerprint density at radius 1 is 1.20 bits per heavy atom. The molecule has 0 spiro atoms. The first-order valence-electron chi connectivity index (χ1n) is 7.39. The van der Waals surface area contributed by atoms with Crippen LogP contribution in [0.4, 0.5) is 10.1 Å². The van der Waals surface area contributed by atoms with Crippen LogP contribution in [0.5, 0.6) is 0 Å². The second-order valence-corrected chi connectivity index (χ2v) is 8.60. The van der Waals surface area contributed by atoms with Crippen LogP contribution >= 0.6 is 15.9 Å². The molecule has 2 aromatic carbocycles. The van der Waals surface area contributed by atoms with Gasteiger partial charge in [-0.3, -0.25) is 9.10 Å². The van der Waals surface area contributed by atoms with Gasteiger partial charge in [0.25, 0.3) is 5.91 Å². The second-order valence-electron chi connectivity index (χ2n) is 5.68. The number of nitrogens with zero attached hydrogens (tertiary/aromatic N) is 1. The van der Waals surface area contributed by atoms with Gasteiger partial charge in [0.2, 0.25) is 10.0 Å². The molecule has 134 valence electrons. The number of rotatable bonds is 5. The Morgan fingerprint density at radius 3 is 2.36 bits per heavy atom. The summed E-state index contributed by atoms with van der Waals surface area (Å²) in [6.07, 6.45) is 1.09. The van der Waals surface area contributed by atoms with Crippen molar-refractivity contribution in [1.29, 1.82) is 0 Å². The molecule has 0 bridgehead atoms. The summed E-state index contributed by atoms with van der Waals surface area (Å²) in [5.74, 6) is -0.705. The minimum absolute atomic E-state index is 0.314. The Bertz CT molecular complexity index is 885.